The second kappa shape index (κ2) is 6.72. The average molecular weight is 368 g/mol. The molecule has 0 spiro atoms. The van der Waals surface area contributed by atoms with Gasteiger partial charge in [-0.1, -0.05) is 31.4 Å². The minimum atomic E-state index is -4.62. The first kappa shape index (κ1) is 18.7. The fourth-order valence-corrected chi connectivity index (χ4v) is 2.76. The van der Waals surface area contributed by atoms with Gasteiger partial charge in [0, 0.05) is 23.7 Å². The molecule has 1 heterocycles. The smallest absolute Gasteiger partial charge is 0.299 e. The first-order chi connectivity index (χ1) is 11.6. The predicted octanol–water partition coefficient (Wildman–Crippen LogP) is 4.05. The van der Waals surface area contributed by atoms with Gasteiger partial charge in [0.1, 0.15) is 5.82 Å². The Morgan fingerprint density at radius 3 is 2.24 bits per heavy atom. The summed E-state index contributed by atoms with van der Waals surface area (Å²) in [7, 11) is -3.41. The number of alkyl halides is 3. The molecular weight excluding hydrogens is 353 g/mol. The number of benzene rings is 1. The molecule has 0 radical (unpaired) electrons. The quantitative estimate of drug-likeness (QED) is 0.748. The minimum absolute atomic E-state index is 0.0225. The number of hydrogen-bond acceptors (Lipinski definition) is 3. The molecule has 25 heavy (non-hydrogen) atoms. The van der Waals surface area contributed by atoms with Crippen molar-refractivity contribution in [2.24, 2.45) is 0 Å². The average Bonchev–Trinajstić information content (AvgIpc) is 2.97. The Morgan fingerprint density at radius 2 is 1.80 bits per heavy atom. The molecule has 4 nitrogen and oxygen atoms in total. The summed E-state index contributed by atoms with van der Waals surface area (Å²) in [5, 5.41) is 0. The minimum Gasteiger partial charge on any atom is -0.299 e. The lowest BCUT2D eigenvalue weighted by Gasteiger charge is -2.09. The van der Waals surface area contributed by atoms with Crippen molar-refractivity contribution in [3.05, 3.63) is 73.4 Å². The summed E-state index contributed by atoms with van der Waals surface area (Å²) in [6.07, 6.45) is 1.55. The summed E-state index contributed by atoms with van der Waals surface area (Å²) in [6, 6.07) is 5.48. The molecule has 0 aliphatic carbocycles. The maximum Gasteiger partial charge on any atom is 0.434 e. The Bertz CT molecular complexity index is 937. The van der Waals surface area contributed by atoms with Crippen molar-refractivity contribution < 1.29 is 21.6 Å². The second-order valence-electron chi connectivity index (χ2n) is 5.15. The normalized spacial score (nSPS) is 12.9. The highest BCUT2D eigenvalue weighted by atomic mass is 32.2. The summed E-state index contributed by atoms with van der Waals surface area (Å²) in [4.78, 5) is 3.72. The van der Waals surface area contributed by atoms with Crippen molar-refractivity contribution in [3.63, 3.8) is 0 Å². The fourth-order valence-electron chi connectivity index (χ4n) is 2.13. The Hall–Kier alpha value is -2.61. The molecule has 0 amide bonds. The van der Waals surface area contributed by atoms with E-state index >= 15 is 0 Å². The monoisotopic (exact) mass is 368 g/mol. The van der Waals surface area contributed by atoms with Crippen LogP contribution in [0.4, 0.5) is 13.2 Å². The van der Waals surface area contributed by atoms with Crippen LogP contribution in [0, 0.1) is 0 Å². The van der Waals surface area contributed by atoms with Crippen LogP contribution in [-0.4, -0.2) is 24.2 Å². The zero-order valence-electron chi connectivity index (χ0n) is 13.3. The van der Waals surface area contributed by atoms with Crippen LogP contribution in [0.15, 0.2) is 66.7 Å². The third-order valence-corrected chi connectivity index (χ3v) is 4.44. The topological polar surface area (TPSA) is 52.0 Å². The van der Waals surface area contributed by atoms with Crippen LogP contribution < -0.4 is 0 Å². The van der Waals surface area contributed by atoms with Crippen LogP contribution in [0.5, 0.6) is 0 Å². The molecule has 1 aromatic heterocycles. The van der Waals surface area contributed by atoms with E-state index in [1.807, 2.05) is 0 Å². The first-order valence-electron chi connectivity index (χ1n) is 7.00. The van der Waals surface area contributed by atoms with Crippen molar-refractivity contribution >= 4 is 15.4 Å². The molecule has 0 unspecified atom stereocenters. The molecule has 0 saturated heterocycles. The second-order valence-corrected chi connectivity index (χ2v) is 7.16. The van der Waals surface area contributed by atoms with Crippen LogP contribution in [0.1, 0.15) is 11.5 Å². The van der Waals surface area contributed by atoms with Gasteiger partial charge in [-0.25, -0.2) is 13.4 Å². The number of hydrogen-bond donors (Lipinski definition) is 0. The van der Waals surface area contributed by atoms with Gasteiger partial charge in [0.05, 0.1) is 4.90 Å². The molecule has 2 aromatic rings. The molecule has 0 aliphatic heterocycles. The highest BCUT2D eigenvalue weighted by molar-refractivity contribution is 7.90. The van der Waals surface area contributed by atoms with E-state index in [0.29, 0.717) is 11.3 Å². The number of aromatic nitrogens is 2. The fraction of sp³-hybridized carbons (Fsp3) is 0.118. The first-order valence-corrected chi connectivity index (χ1v) is 8.89. The summed E-state index contributed by atoms with van der Waals surface area (Å²) in [6.45, 7) is 7.10. The Balaban J connectivity index is 2.67. The van der Waals surface area contributed by atoms with Crippen LogP contribution >= 0.6 is 0 Å². The van der Waals surface area contributed by atoms with Crippen LogP contribution in [-0.2, 0) is 16.0 Å². The van der Waals surface area contributed by atoms with Gasteiger partial charge in [0.25, 0.3) is 0 Å². The van der Waals surface area contributed by atoms with E-state index in [-0.39, 0.29) is 10.7 Å². The largest absolute Gasteiger partial charge is 0.434 e. The van der Waals surface area contributed by atoms with Crippen molar-refractivity contribution in [1.29, 1.82) is 0 Å². The third-order valence-electron chi connectivity index (χ3n) is 3.31. The Kier molecular flexibility index (Phi) is 5.03. The highest BCUT2D eigenvalue weighted by Gasteiger charge is 2.35. The lowest BCUT2D eigenvalue weighted by molar-refractivity contribution is -0.140. The van der Waals surface area contributed by atoms with Gasteiger partial charge >= 0.3 is 6.18 Å². The molecule has 8 heteroatoms. The van der Waals surface area contributed by atoms with E-state index in [2.05, 4.69) is 18.1 Å². The Labute approximate surface area is 143 Å². The van der Waals surface area contributed by atoms with Crippen LogP contribution in [0.2, 0.25) is 0 Å². The number of imidazole rings is 1. The zero-order valence-corrected chi connectivity index (χ0v) is 14.1. The van der Waals surface area contributed by atoms with E-state index in [1.165, 1.54) is 47.1 Å². The molecule has 0 aliphatic rings. The van der Waals surface area contributed by atoms with Crippen molar-refractivity contribution in [1.82, 2.24) is 9.55 Å². The van der Waals surface area contributed by atoms with Crippen molar-refractivity contribution in [2.75, 3.05) is 6.26 Å². The lowest BCUT2D eigenvalue weighted by Crippen LogP contribution is -2.05. The van der Waals surface area contributed by atoms with Gasteiger partial charge in [-0.05, 0) is 24.3 Å². The molecule has 0 saturated carbocycles. The van der Waals surface area contributed by atoms with Gasteiger partial charge in [0.15, 0.2) is 15.5 Å². The summed E-state index contributed by atoms with van der Waals surface area (Å²) in [5.74, 6) is 0.0225. The maximum atomic E-state index is 13.0. The van der Waals surface area contributed by atoms with E-state index in [4.69, 9.17) is 0 Å². The van der Waals surface area contributed by atoms with E-state index in [0.717, 1.165) is 12.5 Å². The number of nitrogens with zero attached hydrogens (tertiary/aromatic N) is 2. The number of allylic oxidation sites excluding steroid dienone is 4. The molecule has 0 atom stereocenters. The molecule has 0 bridgehead atoms. The van der Waals surface area contributed by atoms with Gasteiger partial charge in [0.2, 0.25) is 0 Å². The van der Waals surface area contributed by atoms with Crippen molar-refractivity contribution in [2.45, 2.75) is 11.1 Å². The van der Waals surface area contributed by atoms with Crippen LogP contribution in [0.25, 0.3) is 11.3 Å². The van der Waals surface area contributed by atoms with Gasteiger partial charge in [-0.3, -0.25) is 4.57 Å². The Morgan fingerprint density at radius 1 is 1.20 bits per heavy atom. The highest BCUT2D eigenvalue weighted by Crippen LogP contribution is 2.31. The molecule has 132 valence electrons. The number of rotatable bonds is 5. The number of sulfone groups is 1. The standard InChI is InChI=1S/C17H15F3N2O2S/c1-4-6-12(5-2)16-21-15(17(18,19)20)11-22(16)13-7-9-14(10-8-13)25(3,23)24/h4-11H,1-2H2,3H3/b12-6+. The van der Waals surface area contributed by atoms with Gasteiger partial charge in [-0.15, -0.1) is 0 Å². The number of halogens is 3. The molecular formula is C17H15F3N2O2S. The summed E-state index contributed by atoms with van der Waals surface area (Å²) in [5.41, 5.74) is -0.383. The lowest BCUT2D eigenvalue weighted by atomic mass is 10.2. The van der Waals surface area contributed by atoms with Crippen LogP contribution in [0.3, 0.4) is 0 Å². The molecule has 0 fully saturated rings. The van der Waals surface area contributed by atoms with E-state index in [9.17, 15) is 21.6 Å². The third kappa shape index (κ3) is 4.08. The SMILES string of the molecule is C=C/C=C(\C=C)c1nc(C(F)(F)F)cn1-c1ccc(S(C)(=O)=O)cc1. The van der Waals surface area contributed by atoms with Crippen molar-refractivity contribution in [3.8, 4) is 5.69 Å². The maximum absolute atomic E-state index is 13.0. The zero-order chi connectivity index (χ0) is 18.8. The predicted molar refractivity (Wildman–Crippen MR) is 90.0 cm³/mol. The van der Waals surface area contributed by atoms with E-state index < -0.39 is 21.7 Å². The van der Waals surface area contributed by atoms with E-state index in [1.54, 1.807) is 0 Å². The van der Waals surface area contributed by atoms with Gasteiger partial charge < -0.3 is 0 Å². The molecule has 1 aromatic carbocycles. The van der Waals surface area contributed by atoms with Gasteiger partial charge in [-0.2, -0.15) is 13.2 Å². The molecule has 2 rings (SSSR count). The summed E-state index contributed by atoms with van der Waals surface area (Å²) < 4.78 is 63.4. The molecule has 0 N–H and O–H groups in total. The summed E-state index contributed by atoms with van der Waals surface area (Å²) >= 11 is 0.